The number of hydrogen-bond donors (Lipinski definition) is 2. The first-order chi connectivity index (χ1) is 6.16. The first kappa shape index (κ1) is 10.0. The molecule has 0 radical (unpaired) electrons. The Hall–Kier alpha value is -1.05. The molecular weight excluding hydrogens is 232 g/mol. The van der Waals surface area contributed by atoms with Gasteiger partial charge in [-0.25, -0.2) is 0 Å². The molecule has 0 heterocycles. The SMILES string of the molecule is N#CC[C@H](N)c1cccc(Br)c1O. The summed E-state index contributed by atoms with van der Waals surface area (Å²) in [5, 5.41) is 18.0. The third-order valence-corrected chi connectivity index (χ3v) is 2.37. The summed E-state index contributed by atoms with van der Waals surface area (Å²) in [7, 11) is 0. The van der Waals surface area contributed by atoms with Gasteiger partial charge in [0, 0.05) is 11.6 Å². The van der Waals surface area contributed by atoms with Crippen molar-refractivity contribution in [2.75, 3.05) is 0 Å². The number of nitrogens with two attached hydrogens (primary N) is 1. The fourth-order valence-corrected chi connectivity index (χ4v) is 1.42. The van der Waals surface area contributed by atoms with Gasteiger partial charge in [-0.3, -0.25) is 0 Å². The second-order valence-electron chi connectivity index (χ2n) is 2.65. The normalized spacial score (nSPS) is 12.1. The van der Waals surface area contributed by atoms with Crippen LogP contribution in [0.3, 0.4) is 0 Å². The Morgan fingerprint density at radius 2 is 2.31 bits per heavy atom. The summed E-state index contributed by atoms with van der Waals surface area (Å²) in [4.78, 5) is 0. The summed E-state index contributed by atoms with van der Waals surface area (Å²) >= 11 is 3.18. The first-order valence-corrected chi connectivity index (χ1v) is 4.56. The van der Waals surface area contributed by atoms with E-state index in [1.807, 2.05) is 6.07 Å². The fourth-order valence-electron chi connectivity index (χ4n) is 1.04. The van der Waals surface area contributed by atoms with Gasteiger partial charge in [0.25, 0.3) is 0 Å². The Morgan fingerprint density at radius 1 is 1.62 bits per heavy atom. The van der Waals surface area contributed by atoms with Crippen LogP contribution in [-0.4, -0.2) is 5.11 Å². The van der Waals surface area contributed by atoms with E-state index in [0.29, 0.717) is 10.0 Å². The molecule has 0 aliphatic carbocycles. The minimum Gasteiger partial charge on any atom is -0.506 e. The highest BCUT2D eigenvalue weighted by Gasteiger charge is 2.11. The molecule has 1 aromatic carbocycles. The van der Waals surface area contributed by atoms with Gasteiger partial charge in [-0.05, 0) is 22.0 Å². The van der Waals surface area contributed by atoms with Crippen LogP contribution in [0.5, 0.6) is 5.75 Å². The summed E-state index contributed by atoms with van der Waals surface area (Å²) in [5.41, 5.74) is 6.27. The minimum absolute atomic E-state index is 0.116. The lowest BCUT2D eigenvalue weighted by Crippen LogP contribution is -2.09. The van der Waals surface area contributed by atoms with Crippen molar-refractivity contribution in [3.8, 4) is 11.8 Å². The van der Waals surface area contributed by atoms with Crippen molar-refractivity contribution < 1.29 is 5.11 Å². The average molecular weight is 241 g/mol. The molecule has 0 saturated heterocycles. The molecule has 0 unspecified atom stereocenters. The van der Waals surface area contributed by atoms with E-state index in [9.17, 15) is 5.11 Å². The summed E-state index contributed by atoms with van der Waals surface area (Å²) in [6.45, 7) is 0. The van der Waals surface area contributed by atoms with Crippen molar-refractivity contribution in [3.05, 3.63) is 28.2 Å². The van der Waals surface area contributed by atoms with Crippen LogP contribution in [0.1, 0.15) is 18.0 Å². The van der Waals surface area contributed by atoms with E-state index in [4.69, 9.17) is 11.0 Å². The number of hydrogen-bond acceptors (Lipinski definition) is 3. The maximum absolute atomic E-state index is 9.56. The largest absolute Gasteiger partial charge is 0.506 e. The van der Waals surface area contributed by atoms with Crippen LogP contribution >= 0.6 is 15.9 Å². The van der Waals surface area contributed by atoms with E-state index in [-0.39, 0.29) is 12.2 Å². The Kier molecular flexibility index (Phi) is 3.29. The van der Waals surface area contributed by atoms with Crippen LogP contribution in [0, 0.1) is 11.3 Å². The van der Waals surface area contributed by atoms with E-state index in [1.54, 1.807) is 18.2 Å². The summed E-state index contributed by atoms with van der Waals surface area (Å²) in [6.07, 6.45) is 0.198. The Bertz CT molecular complexity index is 346. The van der Waals surface area contributed by atoms with E-state index >= 15 is 0 Å². The Balaban J connectivity index is 3.02. The number of nitriles is 1. The maximum atomic E-state index is 9.56. The molecule has 1 rings (SSSR count). The molecule has 13 heavy (non-hydrogen) atoms. The number of phenols is 1. The second-order valence-corrected chi connectivity index (χ2v) is 3.50. The van der Waals surface area contributed by atoms with E-state index < -0.39 is 6.04 Å². The van der Waals surface area contributed by atoms with Crippen LogP contribution < -0.4 is 5.73 Å². The van der Waals surface area contributed by atoms with Crippen molar-refractivity contribution in [3.63, 3.8) is 0 Å². The molecule has 0 fully saturated rings. The molecule has 1 atom stereocenters. The second kappa shape index (κ2) is 4.26. The zero-order valence-corrected chi connectivity index (χ0v) is 8.45. The van der Waals surface area contributed by atoms with Gasteiger partial charge in [0.05, 0.1) is 17.0 Å². The quantitative estimate of drug-likeness (QED) is 0.832. The number of para-hydroxylation sites is 1. The first-order valence-electron chi connectivity index (χ1n) is 3.76. The summed E-state index contributed by atoms with van der Waals surface area (Å²) < 4.78 is 0.596. The standard InChI is InChI=1S/C9H9BrN2O/c10-7-3-1-2-6(9(7)13)8(12)4-5-11/h1-3,8,13H,4,12H2/t8-/m0/s1. The molecule has 0 spiro atoms. The van der Waals surface area contributed by atoms with Gasteiger partial charge in [-0.15, -0.1) is 0 Å². The van der Waals surface area contributed by atoms with Gasteiger partial charge in [-0.1, -0.05) is 12.1 Å². The van der Waals surface area contributed by atoms with Crippen LogP contribution in [0.25, 0.3) is 0 Å². The Labute approximate surface area is 84.9 Å². The molecule has 0 amide bonds. The van der Waals surface area contributed by atoms with Crippen molar-refractivity contribution in [1.82, 2.24) is 0 Å². The van der Waals surface area contributed by atoms with Gasteiger partial charge in [0.15, 0.2) is 0 Å². The lowest BCUT2D eigenvalue weighted by molar-refractivity contribution is 0.458. The van der Waals surface area contributed by atoms with Crippen molar-refractivity contribution in [2.45, 2.75) is 12.5 Å². The molecule has 0 bridgehead atoms. The topological polar surface area (TPSA) is 70.0 Å². The highest BCUT2D eigenvalue weighted by Crippen LogP contribution is 2.31. The number of halogens is 1. The molecule has 3 N–H and O–H groups in total. The lowest BCUT2D eigenvalue weighted by atomic mass is 10.0. The van der Waals surface area contributed by atoms with Crippen LogP contribution in [0.15, 0.2) is 22.7 Å². The predicted octanol–water partition coefficient (Wildman–Crippen LogP) is 2.07. The van der Waals surface area contributed by atoms with Crippen LogP contribution in [-0.2, 0) is 0 Å². The van der Waals surface area contributed by atoms with E-state index in [1.165, 1.54) is 0 Å². The van der Waals surface area contributed by atoms with Gasteiger partial charge in [-0.2, -0.15) is 5.26 Å². The van der Waals surface area contributed by atoms with E-state index in [0.717, 1.165) is 0 Å². The lowest BCUT2D eigenvalue weighted by Gasteiger charge is -2.10. The van der Waals surface area contributed by atoms with Gasteiger partial charge < -0.3 is 10.8 Å². The summed E-state index contributed by atoms with van der Waals surface area (Å²) in [5.74, 6) is 0.116. The van der Waals surface area contributed by atoms with Gasteiger partial charge in [0.1, 0.15) is 5.75 Å². The highest BCUT2D eigenvalue weighted by atomic mass is 79.9. The van der Waals surface area contributed by atoms with Crippen LogP contribution in [0.4, 0.5) is 0 Å². The number of benzene rings is 1. The smallest absolute Gasteiger partial charge is 0.134 e. The highest BCUT2D eigenvalue weighted by molar-refractivity contribution is 9.10. The van der Waals surface area contributed by atoms with Gasteiger partial charge >= 0.3 is 0 Å². The van der Waals surface area contributed by atoms with Crippen molar-refractivity contribution in [2.24, 2.45) is 5.73 Å². The number of rotatable bonds is 2. The minimum atomic E-state index is -0.428. The molecule has 0 aromatic heterocycles. The molecule has 3 nitrogen and oxygen atoms in total. The van der Waals surface area contributed by atoms with Crippen molar-refractivity contribution in [1.29, 1.82) is 5.26 Å². The molecule has 1 aromatic rings. The number of aromatic hydroxyl groups is 1. The fraction of sp³-hybridized carbons (Fsp3) is 0.222. The number of nitrogens with zero attached hydrogens (tertiary/aromatic N) is 1. The molecular formula is C9H9BrN2O. The monoisotopic (exact) mass is 240 g/mol. The summed E-state index contributed by atoms with van der Waals surface area (Å²) in [6, 6.07) is 6.74. The third-order valence-electron chi connectivity index (χ3n) is 1.73. The molecule has 68 valence electrons. The molecule has 0 aliphatic rings. The van der Waals surface area contributed by atoms with Crippen molar-refractivity contribution >= 4 is 15.9 Å². The molecule has 4 heteroatoms. The number of phenolic OH excluding ortho intramolecular Hbond substituents is 1. The Morgan fingerprint density at radius 3 is 2.92 bits per heavy atom. The average Bonchev–Trinajstić information content (AvgIpc) is 2.10. The third kappa shape index (κ3) is 2.20. The predicted molar refractivity (Wildman–Crippen MR) is 53.0 cm³/mol. The zero-order chi connectivity index (χ0) is 9.84. The van der Waals surface area contributed by atoms with E-state index in [2.05, 4.69) is 15.9 Å². The van der Waals surface area contributed by atoms with Crippen LogP contribution in [0.2, 0.25) is 0 Å². The molecule has 0 saturated carbocycles. The molecule has 0 aliphatic heterocycles. The van der Waals surface area contributed by atoms with Gasteiger partial charge in [0.2, 0.25) is 0 Å². The maximum Gasteiger partial charge on any atom is 0.134 e. The zero-order valence-electron chi connectivity index (χ0n) is 6.87.